The molecule has 1 aliphatic rings. The van der Waals surface area contributed by atoms with Gasteiger partial charge in [-0.3, -0.25) is 4.79 Å². The monoisotopic (exact) mass is 283 g/mol. The van der Waals surface area contributed by atoms with Crippen LogP contribution in [0.1, 0.15) is 18.4 Å². The number of anilines is 1. The van der Waals surface area contributed by atoms with E-state index < -0.39 is 6.10 Å². The third-order valence-corrected chi connectivity index (χ3v) is 3.22. The summed E-state index contributed by atoms with van der Waals surface area (Å²) in [4.78, 5) is 16.3. The van der Waals surface area contributed by atoms with Gasteiger partial charge in [-0.15, -0.1) is 0 Å². The van der Waals surface area contributed by atoms with E-state index in [1.54, 1.807) is 18.3 Å². The fourth-order valence-electron chi connectivity index (χ4n) is 2.18. The van der Waals surface area contributed by atoms with Crippen LogP contribution in [0.2, 0.25) is 0 Å². The van der Waals surface area contributed by atoms with Crippen molar-refractivity contribution in [3.63, 3.8) is 0 Å². The highest BCUT2D eigenvalue weighted by Gasteiger charge is 2.26. The van der Waals surface area contributed by atoms with Crippen LogP contribution in [0.25, 0.3) is 5.82 Å². The van der Waals surface area contributed by atoms with Crippen LogP contribution in [-0.2, 0) is 9.53 Å². The number of rotatable bonds is 3. The molecule has 1 saturated heterocycles. The summed E-state index contributed by atoms with van der Waals surface area (Å²) < 4.78 is 6.78. The predicted octanol–water partition coefficient (Wildman–Crippen LogP) is 1.26. The van der Waals surface area contributed by atoms with Gasteiger partial charge in [0.25, 0.3) is 5.91 Å². The van der Waals surface area contributed by atoms with E-state index in [2.05, 4.69) is 15.4 Å². The van der Waals surface area contributed by atoms with Gasteiger partial charge in [-0.05, 0) is 25.0 Å². The summed E-state index contributed by atoms with van der Waals surface area (Å²) >= 11 is 0. The van der Waals surface area contributed by atoms with E-state index in [-0.39, 0.29) is 11.5 Å². The summed E-state index contributed by atoms with van der Waals surface area (Å²) in [5.74, 6) is 0.583. The van der Waals surface area contributed by atoms with Gasteiger partial charge in [-0.25, -0.2) is 4.98 Å². The Bertz CT molecular complexity index is 683. The van der Waals surface area contributed by atoms with Crippen LogP contribution in [0.3, 0.4) is 0 Å². The number of carbonyl (C=O) groups excluding carboxylic acids is 1. The molecule has 3 heterocycles. The number of hydrogen-bond donors (Lipinski definition) is 1. The zero-order valence-corrected chi connectivity index (χ0v) is 11.2. The maximum atomic E-state index is 12.2. The second kappa shape index (κ2) is 5.73. The van der Waals surface area contributed by atoms with Gasteiger partial charge in [0.15, 0.2) is 11.6 Å². The molecule has 2 aromatic rings. The van der Waals surface area contributed by atoms with E-state index in [9.17, 15) is 4.79 Å². The normalized spacial score (nSPS) is 17.4. The molecule has 0 aliphatic carbocycles. The maximum Gasteiger partial charge on any atom is 0.254 e. The topological polar surface area (TPSA) is 92.8 Å². The van der Waals surface area contributed by atoms with Crippen molar-refractivity contribution in [1.29, 1.82) is 5.26 Å². The van der Waals surface area contributed by atoms with Crippen LogP contribution in [0.4, 0.5) is 5.82 Å². The van der Waals surface area contributed by atoms with Gasteiger partial charge < -0.3 is 10.1 Å². The smallest absolute Gasteiger partial charge is 0.254 e. The first-order chi connectivity index (χ1) is 10.3. The second-order valence-electron chi connectivity index (χ2n) is 4.61. The van der Waals surface area contributed by atoms with Gasteiger partial charge in [0.1, 0.15) is 17.7 Å². The molecule has 0 spiro atoms. The zero-order chi connectivity index (χ0) is 14.7. The molecule has 0 bridgehead atoms. The first-order valence-electron chi connectivity index (χ1n) is 6.61. The average Bonchev–Trinajstić information content (AvgIpc) is 3.17. The first kappa shape index (κ1) is 13.3. The van der Waals surface area contributed by atoms with Crippen molar-refractivity contribution < 1.29 is 9.53 Å². The van der Waals surface area contributed by atoms with Crippen LogP contribution in [0, 0.1) is 11.3 Å². The quantitative estimate of drug-likeness (QED) is 0.915. The van der Waals surface area contributed by atoms with Crippen LogP contribution in [0.5, 0.6) is 0 Å². The van der Waals surface area contributed by atoms with Crippen LogP contribution >= 0.6 is 0 Å². The van der Waals surface area contributed by atoms with E-state index in [4.69, 9.17) is 10.00 Å². The first-order valence-corrected chi connectivity index (χ1v) is 6.61. The molecule has 0 saturated carbocycles. The van der Waals surface area contributed by atoms with Gasteiger partial charge in [0.2, 0.25) is 0 Å². The average molecular weight is 283 g/mol. The number of hydrogen-bond acceptors (Lipinski definition) is 5. The van der Waals surface area contributed by atoms with Crippen LogP contribution in [-0.4, -0.2) is 33.4 Å². The Balaban J connectivity index is 1.91. The number of aromatic nitrogens is 3. The Kier molecular flexibility index (Phi) is 3.62. The lowest BCUT2D eigenvalue weighted by atomic mass is 10.2. The standard InChI is InChI=1S/C14H13N5O2/c15-8-10-9-17-19(12-5-1-2-6-16-12)13(10)18-14(20)11-4-3-7-21-11/h1-2,5-6,9,11H,3-4,7H2,(H,18,20). The van der Waals surface area contributed by atoms with Gasteiger partial charge in [-0.1, -0.05) is 6.07 Å². The third kappa shape index (κ3) is 2.61. The minimum absolute atomic E-state index is 0.262. The Hall–Kier alpha value is -2.72. The molecule has 1 aliphatic heterocycles. The number of ether oxygens (including phenoxy) is 1. The van der Waals surface area contributed by atoms with Crippen LogP contribution < -0.4 is 5.32 Å². The Labute approximate surface area is 121 Å². The molecule has 2 aromatic heterocycles. The summed E-state index contributed by atoms with van der Waals surface area (Å²) in [6.45, 7) is 0.586. The molecule has 0 radical (unpaired) electrons. The predicted molar refractivity (Wildman–Crippen MR) is 73.7 cm³/mol. The lowest BCUT2D eigenvalue weighted by molar-refractivity contribution is -0.124. The summed E-state index contributed by atoms with van der Waals surface area (Å²) in [5.41, 5.74) is 0.284. The second-order valence-corrected chi connectivity index (χ2v) is 4.61. The largest absolute Gasteiger partial charge is 0.368 e. The van der Waals surface area contributed by atoms with E-state index in [0.29, 0.717) is 24.7 Å². The fraction of sp³-hybridized carbons (Fsp3) is 0.286. The molecule has 1 fully saturated rings. The third-order valence-electron chi connectivity index (χ3n) is 3.22. The molecular weight excluding hydrogens is 270 g/mol. The van der Waals surface area contributed by atoms with E-state index in [0.717, 1.165) is 6.42 Å². The van der Waals surface area contributed by atoms with Crippen molar-refractivity contribution in [2.24, 2.45) is 0 Å². The number of nitriles is 1. The van der Waals surface area contributed by atoms with E-state index in [1.807, 2.05) is 12.1 Å². The fourth-order valence-corrected chi connectivity index (χ4v) is 2.18. The highest BCUT2D eigenvalue weighted by Crippen LogP contribution is 2.20. The van der Waals surface area contributed by atoms with Gasteiger partial charge in [0, 0.05) is 12.8 Å². The van der Waals surface area contributed by atoms with Crippen molar-refractivity contribution in [1.82, 2.24) is 14.8 Å². The molecule has 21 heavy (non-hydrogen) atoms. The summed E-state index contributed by atoms with van der Waals surface area (Å²) in [6, 6.07) is 7.35. The Morgan fingerprint density at radius 2 is 2.43 bits per heavy atom. The summed E-state index contributed by atoms with van der Waals surface area (Å²) in [5, 5.41) is 16.0. The molecule has 106 valence electrons. The SMILES string of the molecule is N#Cc1cnn(-c2ccccn2)c1NC(=O)C1CCCO1. The van der Waals surface area contributed by atoms with Crippen molar-refractivity contribution in [2.45, 2.75) is 18.9 Å². The molecule has 1 unspecified atom stereocenters. The minimum Gasteiger partial charge on any atom is -0.368 e. The maximum absolute atomic E-state index is 12.2. The molecule has 3 rings (SSSR count). The van der Waals surface area contributed by atoms with Crippen LogP contribution in [0.15, 0.2) is 30.6 Å². The lowest BCUT2D eigenvalue weighted by Crippen LogP contribution is -2.28. The highest BCUT2D eigenvalue weighted by atomic mass is 16.5. The zero-order valence-electron chi connectivity index (χ0n) is 11.2. The van der Waals surface area contributed by atoms with Crippen molar-refractivity contribution in [3.05, 3.63) is 36.2 Å². The molecule has 0 aromatic carbocycles. The molecule has 1 atom stereocenters. The summed E-state index contributed by atoms with van der Waals surface area (Å²) in [7, 11) is 0. The number of pyridine rings is 1. The van der Waals surface area contributed by atoms with Crippen molar-refractivity contribution in [2.75, 3.05) is 11.9 Å². The minimum atomic E-state index is -0.469. The molecule has 7 heteroatoms. The van der Waals surface area contributed by atoms with E-state index in [1.165, 1.54) is 10.9 Å². The summed E-state index contributed by atoms with van der Waals surface area (Å²) in [6.07, 6.45) is 4.10. The molecule has 7 nitrogen and oxygen atoms in total. The van der Waals surface area contributed by atoms with Gasteiger partial charge in [0.05, 0.1) is 6.20 Å². The molecule has 1 N–H and O–H groups in total. The number of amides is 1. The highest BCUT2D eigenvalue weighted by molar-refractivity contribution is 5.94. The van der Waals surface area contributed by atoms with E-state index >= 15 is 0 Å². The lowest BCUT2D eigenvalue weighted by Gasteiger charge is -2.12. The van der Waals surface area contributed by atoms with Gasteiger partial charge >= 0.3 is 0 Å². The number of nitrogens with zero attached hydrogens (tertiary/aromatic N) is 4. The van der Waals surface area contributed by atoms with Crippen molar-refractivity contribution >= 4 is 11.7 Å². The Morgan fingerprint density at radius 1 is 1.52 bits per heavy atom. The number of nitrogens with one attached hydrogen (secondary N) is 1. The molecule has 1 amide bonds. The number of carbonyl (C=O) groups is 1. The molecular formula is C14H13N5O2. The Morgan fingerprint density at radius 3 is 3.10 bits per heavy atom. The van der Waals surface area contributed by atoms with Crippen molar-refractivity contribution in [3.8, 4) is 11.9 Å². The van der Waals surface area contributed by atoms with Gasteiger partial charge in [-0.2, -0.15) is 15.0 Å².